The van der Waals surface area contributed by atoms with E-state index in [0.29, 0.717) is 19.3 Å². The van der Waals surface area contributed by atoms with E-state index in [1.807, 2.05) is 30.7 Å². The number of rotatable bonds is 3. The molecule has 1 atom stereocenters. The standard InChI is InChI=1S/C19H20N4O3/c1-24-16-10-18-17(25-6-7-26-18)9-14(16)19-20-4-5-23(19)13-3-2-12-11-21-22-15(12)8-13/h4-5,9-11,13H,2-3,6-8H2,1H3,(H,21,22). The van der Waals surface area contributed by atoms with Crippen molar-refractivity contribution in [2.75, 3.05) is 20.3 Å². The number of aromatic nitrogens is 4. The molecule has 1 N–H and O–H groups in total. The van der Waals surface area contributed by atoms with Gasteiger partial charge in [0, 0.05) is 36.6 Å². The Kier molecular flexibility index (Phi) is 3.58. The van der Waals surface area contributed by atoms with Crippen LogP contribution in [0.15, 0.2) is 30.7 Å². The molecule has 3 heterocycles. The minimum absolute atomic E-state index is 0.332. The summed E-state index contributed by atoms with van der Waals surface area (Å²) in [6.07, 6.45) is 8.82. The average Bonchev–Trinajstić information content (AvgIpc) is 3.35. The molecule has 0 fully saturated rings. The first kappa shape index (κ1) is 15.3. The Morgan fingerprint density at radius 1 is 1.23 bits per heavy atom. The molecule has 0 saturated heterocycles. The zero-order chi connectivity index (χ0) is 17.5. The average molecular weight is 352 g/mol. The number of methoxy groups -OCH3 is 1. The molecule has 2 aliphatic rings. The van der Waals surface area contributed by atoms with E-state index in [2.05, 4.69) is 19.7 Å². The normalized spacial score (nSPS) is 18.4. The monoisotopic (exact) mass is 352 g/mol. The summed E-state index contributed by atoms with van der Waals surface area (Å²) >= 11 is 0. The van der Waals surface area contributed by atoms with E-state index in [9.17, 15) is 0 Å². The van der Waals surface area contributed by atoms with Gasteiger partial charge >= 0.3 is 0 Å². The van der Waals surface area contributed by atoms with Gasteiger partial charge in [0.25, 0.3) is 0 Å². The van der Waals surface area contributed by atoms with Crippen LogP contribution in [0.5, 0.6) is 17.2 Å². The van der Waals surface area contributed by atoms with Crippen LogP contribution in [-0.4, -0.2) is 40.1 Å². The van der Waals surface area contributed by atoms with Crippen LogP contribution in [0.4, 0.5) is 0 Å². The lowest BCUT2D eigenvalue weighted by atomic mass is 9.93. The zero-order valence-corrected chi connectivity index (χ0v) is 14.6. The minimum atomic E-state index is 0.332. The van der Waals surface area contributed by atoms with Crippen LogP contribution >= 0.6 is 0 Å². The Labute approximate surface area is 150 Å². The quantitative estimate of drug-likeness (QED) is 0.785. The predicted octanol–water partition coefficient (Wildman–Crippen LogP) is 2.78. The molecule has 1 aromatic carbocycles. The third-order valence-corrected chi connectivity index (χ3v) is 5.16. The summed E-state index contributed by atoms with van der Waals surface area (Å²) in [4.78, 5) is 4.62. The van der Waals surface area contributed by atoms with E-state index in [1.54, 1.807) is 7.11 Å². The van der Waals surface area contributed by atoms with E-state index in [4.69, 9.17) is 14.2 Å². The third-order valence-electron chi connectivity index (χ3n) is 5.16. The van der Waals surface area contributed by atoms with Crippen molar-refractivity contribution in [3.05, 3.63) is 42.0 Å². The lowest BCUT2D eigenvalue weighted by Gasteiger charge is -2.26. The molecule has 1 aliphatic heterocycles. The fourth-order valence-corrected chi connectivity index (χ4v) is 3.86. The van der Waals surface area contributed by atoms with Crippen LogP contribution in [0.25, 0.3) is 11.4 Å². The van der Waals surface area contributed by atoms with Gasteiger partial charge in [0.2, 0.25) is 0 Å². The summed E-state index contributed by atoms with van der Waals surface area (Å²) in [5.74, 6) is 3.07. The first-order chi connectivity index (χ1) is 12.8. The van der Waals surface area contributed by atoms with Gasteiger partial charge in [-0.3, -0.25) is 5.10 Å². The highest BCUT2D eigenvalue weighted by molar-refractivity contribution is 5.70. The van der Waals surface area contributed by atoms with Gasteiger partial charge in [-0.1, -0.05) is 0 Å². The Balaban J connectivity index is 1.55. The number of imidazole rings is 1. The second-order valence-corrected chi connectivity index (χ2v) is 6.62. The largest absolute Gasteiger partial charge is 0.496 e. The van der Waals surface area contributed by atoms with Gasteiger partial charge in [0.1, 0.15) is 24.8 Å². The van der Waals surface area contributed by atoms with Crippen LogP contribution in [0.1, 0.15) is 23.7 Å². The molecule has 0 spiro atoms. The van der Waals surface area contributed by atoms with Crippen molar-refractivity contribution in [1.82, 2.24) is 19.7 Å². The Morgan fingerprint density at radius 2 is 2.08 bits per heavy atom. The summed E-state index contributed by atoms with van der Waals surface area (Å²) in [6.45, 7) is 1.11. The molecular weight excluding hydrogens is 332 g/mol. The first-order valence-electron chi connectivity index (χ1n) is 8.85. The molecule has 5 rings (SSSR count). The van der Waals surface area contributed by atoms with Crippen molar-refractivity contribution in [1.29, 1.82) is 0 Å². The molecule has 7 nitrogen and oxygen atoms in total. The van der Waals surface area contributed by atoms with Crippen molar-refractivity contribution in [3.8, 4) is 28.6 Å². The smallest absolute Gasteiger partial charge is 0.165 e. The molecule has 2 aromatic heterocycles. The van der Waals surface area contributed by atoms with Gasteiger partial charge in [-0.05, 0) is 24.5 Å². The molecular formula is C19H20N4O3. The summed E-state index contributed by atoms with van der Waals surface area (Å²) in [6, 6.07) is 4.19. The molecule has 0 radical (unpaired) electrons. The molecule has 0 bridgehead atoms. The highest BCUT2D eigenvalue weighted by Gasteiger charge is 2.26. The second kappa shape index (κ2) is 6.09. The number of hydrogen-bond acceptors (Lipinski definition) is 5. The van der Waals surface area contributed by atoms with Crippen LogP contribution < -0.4 is 14.2 Å². The molecule has 0 saturated carbocycles. The lowest BCUT2D eigenvalue weighted by molar-refractivity contribution is 0.171. The van der Waals surface area contributed by atoms with E-state index in [1.165, 1.54) is 11.3 Å². The zero-order valence-electron chi connectivity index (χ0n) is 14.6. The number of aromatic amines is 1. The highest BCUT2D eigenvalue weighted by atomic mass is 16.6. The maximum absolute atomic E-state index is 5.75. The third kappa shape index (κ3) is 2.42. The lowest BCUT2D eigenvalue weighted by Crippen LogP contribution is -2.19. The molecule has 26 heavy (non-hydrogen) atoms. The number of fused-ring (bicyclic) bond motifs is 2. The summed E-state index contributed by atoms with van der Waals surface area (Å²) in [5, 5.41) is 7.30. The number of aryl methyl sites for hydroxylation is 1. The predicted molar refractivity (Wildman–Crippen MR) is 94.9 cm³/mol. The maximum atomic E-state index is 5.75. The maximum Gasteiger partial charge on any atom is 0.165 e. The second-order valence-electron chi connectivity index (χ2n) is 6.62. The Morgan fingerprint density at radius 3 is 2.92 bits per heavy atom. The first-order valence-corrected chi connectivity index (χ1v) is 8.85. The van der Waals surface area contributed by atoms with Crippen molar-refractivity contribution in [2.45, 2.75) is 25.3 Å². The van der Waals surface area contributed by atoms with Crippen molar-refractivity contribution in [3.63, 3.8) is 0 Å². The molecule has 134 valence electrons. The highest BCUT2D eigenvalue weighted by Crippen LogP contribution is 2.42. The number of nitrogens with one attached hydrogen (secondary N) is 1. The summed E-state index contributed by atoms with van der Waals surface area (Å²) in [7, 11) is 1.67. The number of ether oxygens (including phenoxy) is 3. The van der Waals surface area contributed by atoms with Gasteiger partial charge in [-0.25, -0.2) is 4.98 Å². The van der Waals surface area contributed by atoms with Crippen LogP contribution in [-0.2, 0) is 12.8 Å². The molecule has 0 amide bonds. The number of nitrogens with zero attached hydrogens (tertiary/aromatic N) is 3. The van der Waals surface area contributed by atoms with Crippen LogP contribution in [0.2, 0.25) is 0 Å². The van der Waals surface area contributed by atoms with E-state index >= 15 is 0 Å². The molecule has 1 aliphatic carbocycles. The van der Waals surface area contributed by atoms with E-state index < -0.39 is 0 Å². The van der Waals surface area contributed by atoms with Crippen molar-refractivity contribution < 1.29 is 14.2 Å². The van der Waals surface area contributed by atoms with Crippen LogP contribution in [0, 0.1) is 0 Å². The Hall–Kier alpha value is -2.96. The number of benzene rings is 1. The number of H-pyrrole nitrogens is 1. The van der Waals surface area contributed by atoms with E-state index in [0.717, 1.165) is 47.9 Å². The SMILES string of the molecule is COc1cc2c(cc1-c1nccn1C1CCc3cn[nH]c3C1)OCCO2. The fraction of sp³-hybridized carbons (Fsp3) is 0.368. The topological polar surface area (TPSA) is 74.2 Å². The molecule has 3 aromatic rings. The summed E-state index contributed by atoms with van der Waals surface area (Å²) < 4.78 is 19.3. The van der Waals surface area contributed by atoms with Crippen molar-refractivity contribution >= 4 is 0 Å². The van der Waals surface area contributed by atoms with Gasteiger partial charge in [0.15, 0.2) is 11.5 Å². The Bertz CT molecular complexity index is 946. The molecule has 7 heteroatoms. The van der Waals surface area contributed by atoms with Gasteiger partial charge in [-0.2, -0.15) is 5.10 Å². The molecule has 1 unspecified atom stereocenters. The van der Waals surface area contributed by atoms with Crippen LogP contribution in [0.3, 0.4) is 0 Å². The van der Waals surface area contributed by atoms with E-state index in [-0.39, 0.29) is 0 Å². The summed E-state index contributed by atoms with van der Waals surface area (Å²) in [5.41, 5.74) is 3.45. The van der Waals surface area contributed by atoms with Gasteiger partial charge in [-0.15, -0.1) is 0 Å². The van der Waals surface area contributed by atoms with Gasteiger partial charge in [0.05, 0.1) is 18.9 Å². The van der Waals surface area contributed by atoms with Gasteiger partial charge < -0.3 is 18.8 Å². The van der Waals surface area contributed by atoms with Crippen molar-refractivity contribution in [2.24, 2.45) is 0 Å². The minimum Gasteiger partial charge on any atom is -0.496 e. The fourth-order valence-electron chi connectivity index (χ4n) is 3.86. The number of hydrogen-bond donors (Lipinski definition) is 1.